The van der Waals surface area contributed by atoms with E-state index in [9.17, 15) is 13.2 Å². The average molecular weight is 491 g/mol. The van der Waals surface area contributed by atoms with Gasteiger partial charge in [0, 0.05) is 21.9 Å². The largest absolute Gasteiger partial charge is 0.497 e. The minimum atomic E-state index is -3.73. The Morgan fingerprint density at radius 3 is 2.30 bits per heavy atom. The molecule has 0 aromatic heterocycles. The summed E-state index contributed by atoms with van der Waals surface area (Å²) in [5.41, 5.74) is 1.04. The smallest absolute Gasteiger partial charge is 0.262 e. The molecule has 3 aromatic rings. The van der Waals surface area contributed by atoms with Crippen molar-refractivity contribution in [1.29, 1.82) is 0 Å². The van der Waals surface area contributed by atoms with Crippen molar-refractivity contribution in [3.05, 3.63) is 77.3 Å². The lowest BCUT2D eigenvalue weighted by Gasteiger charge is -2.10. The summed E-state index contributed by atoms with van der Waals surface area (Å²) in [6.07, 6.45) is 0. The predicted octanol–water partition coefficient (Wildman–Crippen LogP) is 4.28. The summed E-state index contributed by atoms with van der Waals surface area (Å²) in [6, 6.07) is 19.6. The molecule has 0 fully saturated rings. The van der Waals surface area contributed by atoms with Gasteiger partial charge in [0.1, 0.15) is 11.5 Å². The highest BCUT2D eigenvalue weighted by molar-refractivity contribution is 9.10. The maximum atomic E-state index is 12.5. The Labute approximate surface area is 183 Å². The Kier molecular flexibility index (Phi) is 6.96. The van der Waals surface area contributed by atoms with Gasteiger partial charge in [0.25, 0.3) is 15.9 Å². The molecule has 7 nitrogen and oxygen atoms in total. The third-order valence-corrected chi connectivity index (χ3v) is 5.88. The van der Waals surface area contributed by atoms with Crippen LogP contribution in [0.25, 0.3) is 0 Å². The van der Waals surface area contributed by atoms with Gasteiger partial charge in [0.05, 0.1) is 12.0 Å². The molecule has 3 rings (SSSR count). The first-order chi connectivity index (χ1) is 14.4. The number of carbonyl (C=O) groups excluding carboxylic acids is 1. The van der Waals surface area contributed by atoms with Gasteiger partial charge in [-0.1, -0.05) is 22.0 Å². The molecule has 156 valence electrons. The van der Waals surface area contributed by atoms with Gasteiger partial charge in [-0.05, 0) is 60.7 Å². The van der Waals surface area contributed by atoms with E-state index in [0.717, 1.165) is 4.47 Å². The van der Waals surface area contributed by atoms with Crippen molar-refractivity contribution in [3.8, 4) is 11.5 Å². The lowest BCUT2D eigenvalue weighted by molar-refractivity contribution is -0.118. The quantitative estimate of drug-likeness (QED) is 0.491. The van der Waals surface area contributed by atoms with Crippen LogP contribution in [-0.4, -0.2) is 28.0 Å². The topological polar surface area (TPSA) is 93.7 Å². The van der Waals surface area contributed by atoms with Crippen LogP contribution in [0.2, 0.25) is 0 Å². The van der Waals surface area contributed by atoms with Crippen LogP contribution in [0.4, 0.5) is 11.4 Å². The van der Waals surface area contributed by atoms with Crippen molar-refractivity contribution in [3.63, 3.8) is 0 Å². The standard InChI is InChI=1S/C21H19BrN2O5S/c1-28-19-4-2-3-17(13-19)23-21(25)14-29-18-9-11-20(12-10-18)30(26,27)24-16-7-5-15(22)6-8-16/h2-13,24H,14H2,1H3,(H,23,25). The van der Waals surface area contributed by atoms with E-state index < -0.39 is 10.0 Å². The number of hydrogen-bond acceptors (Lipinski definition) is 5. The molecule has 0 saturated carbocycles. The summed E-state index contributed by atoms with van der Waals surface area (Å²) in [5.74, 6) is 0.650. The molecule has 0 spiro atoms. The van der Waals surface area contributed by atoms with E-state index in [0.29, 0.717) is 22.9 Å². The van der Waals surface area contributed by atoms with Crippen molar-refractivity contribution < 1.29 is 22.7 Å². The summed E-state index contributed by atoms with van der Waals surface area (Å²) in [7, 11) is -2.19. The van der Waals surface area contributed by atoms with Gasteiger partial charge in [0.2, 0.25) is 0 Å². The Morgan fingerprint density at radius 1 is 0.933 bits per heavy atom. The van der Waals surface area contributed by atoms with E-state index in [1.54, 1.807) is 55.6 Å². The van der Waals surface area contributed by atoms with Crippen LogP contribution in [-0.2, 0) is 14.8 Å². The maximum Gasteiger partial charge on any atom is 0.262 e. The fraction of sp³-hybridized carbons (Fsp3) is 0.0952. The van der Waals surface area contributed by atoms with E-state index in [4.69, 9.17) is 9.47 Å². The number of methoxy groups -OCH3 is 1. The van der Waals surface area contributed by atoms with Gasteiger partial charge >= 0.3 is 0 Å². The first kappa shape index (κ1) is 21.7. The van der Waals surface area contributed by atoms with Gasteiger partial charge < -0.3 is 14.8 Å². The minimum absolute atomic E-state index is 0.0820. The molecule has 0 aliphatic heterocycles. The van der Waals surface area contributed by atoms with E-state index in [2.05, 4.69) is 26.0 Å². The lowest BCUT2D eigenvalue weighted by Crippen LogP contribution is -2.20. The van der Waals surface area contributed by atoms with E-state index in [1.165, 1.54) is 24.3 Å². The molecule has 0 unspecified atom stereocenters. The van der Waals surface area contributed by atoms with Crippen LogP contribution in [0.3, 0.4) is 0 Å². The zero-order chi connectivity index (χ0) is 21.6. The molecule has 0 saturated heterocycles. The molecule has 0 atom stereocenters. The zero-order valence-electron chi connectivity index (χ0n) is 16.0. The van der Waals surface area contributed by atoms with Gasteiger partial charge in [-0.2, -0.15) is 0 Å². The van der Waals surface area contributed by atoms with Crippen LogP contribution < -0.4 is 19.5 Å². The molecule has 9 heteroatoms. The lowest BCUT2D eigenvalue weighted by atomic mass is 10.3. The fourth-order valence-corrected chi connectivity index (χ4v) is 3.82. The summed E-state index contributed by atoms with van der Waals surface area (Å²) in [4.78, 5) is 12.1. The predicted molar refractivity (Wildman–Crippen MR) is 119 cm³/mol. The number of carbonyl (C=O) groups is 1. The summed E-state index contributed by atoms with van der Waals surface area (Å²) in [6.45, 7) is -0.222. The molecular weight excluding hydrogens is 472 g/mol. The molecular formula is C21H19BrN2O5S. The Hall–Kier alpha value is -3.04. The van der Waals surface area contributed by atoms with E-state index in [1.807, 2.05) is 0 Å². The SMILES string of the molecule is COc1cccc(NC(=O)COc2ccc(S(=O)(=O)Nc3ccc(Br)cc3)cc2)c1. The average Bonchev–Trinajstić information content (AvgIpc) is 2.74. The van der Waals surface area contributed by atoms with Gasteiger partial charge in [-0.3, -0.25) is 9.52 Å². The molecule has 0 bridgehead atoms. The highest BCUT2D eigenvalue weighted by Gasteiger charge is 2.14. The highest BCUT2D eigenvalue weighted by atomic mass is 79.9. The van der Waals surface area contributed by atoms with Gasteiger partial charge in [-0.15, -0.1) is 0 Å². The second-order valence-electron chi connectivity index (χ2n) is 6.15. The number of rotatable bonds is 8. The Morgan fingerprint density at radius 2 is 1.63 bits per heavy atom. The number of ether oxygens (including phenoxy) is 2. The van der Waals surface area contributed by atoms with Crippen LogP contribution in [0, 0.1) is 0 Å². The highest BCUT2D eigenvalue weighted by Crippen LogP contribution is 2.21. The molecule has 2 N–H and O–H groups in total. The summed E-state index contributed by atoms with van der Waals surface area (Å²) < 4.78 is 38.9. The number of benzene rings is 3. The molecule has 30 heavy (non-hydrogen) atoms. The Balaban J connectivity index is 1.57. The molecule has 0 aliphatic rings. The van der Waals surface area contributed by atoms with Crippen molar-refractivity contribution in [2.24, 2.45) is 0 Å². The zero-order valence-corrected chi connectivity index (χ0v) is 18.4. The Bertz CT molecular complexity index is 1120. The first-order valence-electron chi connectivity index (χ1n) is 8.81. The molecule has 0 aliphatic carbocycles. The van der Waals surface area contributed by atoms with Crippen LogP contribution in [0.15, 0.2) is 82.2 Å². The third kappa shape index (κ3) is 5.98. The minimum Gasteiger partial charge on any atom is -0.497 e. The molecule has 0 radical (unpaired) electrons. The van der Waals surface area contributed by atoms with Crippen molar-refractivity contribution in [1.82, 2.24) is 0 Å². The number of nitrogens with one attached hydrogen (secondary N) is 2. The van der Waals surface area contributed by atoms with Crippen LogP contribution in [0.5, 0.6) is 11.5 Å². The van der Waals surface area contributed by atoms with Gasteiger partial charge in [-0.25, -0.2) is 8.42 Å². The fourth-order valence-electron chi connectivity index (χ4n) is 2.49. The number of sulfonamides is 1. The monoisotopic (exact) mass is 490 g/mol. The number of halogens is 1. The van der Waals surface area contributed by atoms with Crippen molar-refractivity contribution >= 4 is 43.2 Å². The normalized spacial score (nSPS) is 10.9. The molecule has 3 aromatic carbocycles. The van der Waals surface area contributed by atoms with Crippen molar-refractivity contribution in [2.45, 2.75) is 4.90 Å². The van der Waals surface area contributed by atoms with Crippen molar-refractivity contribution in [2.75, 3.05) is 23.8 Å². The van der Waals surface area contributed by atoms with E-state index in [-0.39, 0.29) is 17.4 Å². The van der Waals surface area contributed by atoms with Gasteiger partial charge in [0.15, 0.2) is 6.61 Å². The van der Waals surface area contributed by atoms with Crippen LogP contribution >= 0.6 is 15.9 Å². The van der Waals surface area contributed by atoms with E-state index >= 15 is 0 Å². The molecule has 1 amide bonds. The summed E-state index contributed by atoms with van der Waals surface area (Å²) in [5, 5.41) is 2.70. The number of hydrogen-bond donors (Lipinski definition) is 2. The van der Waals surface area contributed by atoms with Crippen LogP contribution in [0.1, 0.15) is 0 Å². The molecule has 0 heterocycles. The maximum absolute atomic E-state index is 12.5. The second kappa shape index (κ2) is 9.64. The third-order valence-electron chi connectivity index (χ3n) is 3.95. The summed E-state index contributed by atoms with van der Waals surface area (Å²) >= 11 is 3.30. The number of amides is 1. The second-order valence-corrected chi connectivity index (χ2v) is 8.75. The number of anilines is 2. The first-order valence-corrected chi connectivity index (χ1v) is 11.1.